The van der Waals surface area contributed by atoms with E-state index in [0.29, 0.717) is 11.1 Å². The second-order valence-corrected chi connectivity index (χ2v) is 5.61. The number of H-pyrrole nitrogens is 2. The van der Waals surface area contributed by atoms with Crippen molar-refractivity contribution in [1.82, 2.24) is 14.5 Å². The van der Waals surface area contributed by atoms with Crippen molar-refractivity contribution in [2.24, 2.45) is 4.99 Å². The number of hydrogen-bond acceptors (Lipinski definition) is 6. The van der Waals surface area contributed by atoms with Crippen molar-refractivity contribution in [1.29, 1.82) is 0 Å². The number of aliphatic hydroxyl groups excluding tert-OH is 1. The molecule has 0 fully saturated rings. The summed E-state index contributed by atoms with van der Waals surface area (Å²) in [4.78, 5) is 44.7. The van der Waals surface area contributed by atoms with Crippen LogP contribution in [0.4, 0.5) is 16.3 Å². The number of carbonyl (C=O) groups excluding carboxylic acids is 1. The van der Waals surface area contributed by atoms with Gasteiger partial charge in [-0.25, -0.2) is 4.79 Å². The van der Waals surface area contributed by atoms with Crippen LogP contribution >= 0.6 is 0 Å². The molecule has 1 aromatic carbocycles. The van der Waals surface area contributed by atoms with E-state index in [-0.39, 0.29) is 24.7 Å². The lowest BCUT2D eigenvalue weighted by Gasteiger charge is -2.24. The maximum absolute atomic E-state index is 12.8. The molecular weight excluding hydrogens is 340 g/mol. The van der Waals surface area contributed by atoms with Crippen molar-refractivity contribution < 1.29 is 14.6 Å². The standard InChI is InChI=1S/C17H16N4O5/c1-2-21(10-18-13-14(21)19-16(24)20-15(13)23)17(25)26-9-12(8-22)11-6-4-3-5-7-11/h3-8,10H,2,9H2,1H3,(H2-,19,20,22,23,24)/p+1. The Morgan fingerprint density at radius 3 is 2.65 bits per heavy atom. The van der Waals surface area contributed by atoms with Crippen molar-refractivity contribution in [2.75, 3.05) is 13.2 Å². The van der Waals surface area contributed by atoms with Gasteiger partial charge in [-0.2, -0.15) is 9.79 Å². The average molecular weight is 357 g/mol. The predicted molar refractivity (Wildman–Crippen MR) is 96.6 cm³/mol. The molecule has 1 aromatic heterocycles. The number of nitrogens with one attached hydrogen (secondary N) is 2. The van der Waals surface area contributed by atoms with Gasteiger partial charge in [0.15, 0.2) is 0 Å². The Hall–Kier alpha value is -3.46. The molecule has 134 valence electrons. The van der Waals surface area contributed by atoms with Crippen LogP contribution in [0, 0.1) is 0 Å². The van der Waals surface area contributed by atoms with Crippen molar-refractivity contribution in [3.63, 3.8) is 0 Å². The van der Waals surface area contributed by atoms with E-state index in [9.17, 15) is 19.5 Å². The van der Waals surface area contributed by atoms with Gasteiger partial charge in [0.25, 0.3) is 11.4 Å². The van der Waals surface area contributed by atoms with Gasteiger partial charge < -0.3 is 9.84 Å². The van der Waals surface area contributed by atoms with E-state index in [0.717, 1.165) is 6.26 Å². The van der Waals surface area contributed by atoms with E-state index in [4.69, 9.17) is 4.74 Å². The highest BCUT2D eigenvalue weighted by molar-refractivity contribution is 6.04. The Kier molecular flexibility index (Phi) is 4.55. The SMILES string of the molecule is CC[N+]1(C(=O)OCC(=CO)c2ccccc2)C=Nc2c1[nH]c(=O)[nH]c2=O. The Morgan fingerprint density at radius 1 is 1.27 bits per heavy atom. The molecule has 3 N–H and O–H groups in total. The first-order valence-electron chi connectivity index (χ1n) is 7.88. The van der Waals surface area contributed by atoms with Crippen LogP contribution in [0.25, 0.3) is 5.57 Å². The highest BCUT2D eigenvalue weighted by atomic mass is 16.6. The van der Waals surface area contributed by atoms with Gasteiger partial charge >= 0.3 is 11.8 Å². The summed E-state index contributed by atoms with van der Waals surface area (Å²) in [6.07, 6.45) is 1.40. The van der Waals surface area contributed by atoms with E-state index in [2.05, 4.69) is 15.0 Å². The first-order valence-corrected chi connectivity index (χ1v) is 7.88. The summed E-state index contributed by atoms with van der Waals surface area (Å²) >= 11 is 0. The molecule has 9 heteroatoms. The lowest BCUT2D eigenvalue weighted by atomic mass is 10.1. The zero-order valence-electron chi connectivity index (χ0n) is 13.9. The van der Waals surface area contributed by atoms with Crippen LogP contribution in [0.3, 0.4) is 0 Å². The number of hydrogen-bond donors (Lipinski definition) is 3. The number of fused-ring (bicyclic) bond motifs is 1. The van der Waals surface area contributed by atoms with Crippen LogP contribution in [0.5, 0.6) is 0 Å². The molecule has 3 rings (SSSR count). The van der Waals surface area contributed by atoms with Gasteiger partial charge in [0.2, 0.25) is 12.0 Å². The highest BCUT2D eigenvalue weighted by Gasteiger charge is 2.47. The fourth-order valence-electron chi connectivity index (χ4n) is 2.70. The number of aromatic nitrogens is 2. The first-order chi connectivity index (χ1) is 12.5. The fourth-order valence-corrected chi connectivity index (χ4v) is 2.70. The maximum atomic E-state index is 12.8. The lowest BCUT2D eigenvalue weighted by molar-refractivity contribution is 0.138. The van der Waals surface area contributed by atoms with Crippen molar-refractivity contribution in [3.05, 3.63) is 63.0 Å². The molecule has 2 aromatic rings. The summed E-state index contributed by atoms with van der Waals surface area (Å²) < 4.78 is 4.79. The number of rotatable bonds is 4. The van der Waals surface area contributed by atoms with Crippen LogP contribution < -0.4 is 15.7 Å². The van der Waals surface area contributed by atoms with E-state index < -0.39 is 21.8 Å². The molecule has 0 saturated carbocycles. The minimum Gasteiger partial charge on any atom is -0.515 e. The van der Waals surface area contributed by atoms with Crippen molar-refractivity contribution in [3.8, 4) is 0 Å². The van der Waals surface area contributed by atoms with Gasteiger partial charge in [-0.3, -0.25) is 14.8 Å². The molecule has 0 radical (unpaired) electrons. The van der Waals surface area contributed by atoms with Crippen LogP contribution in [0.2, 0.25) is 0 Å². The molecule has 0 spiro atoms. The van der Waals surface area contributed by atoms with E-state index in [1.165, 1.54) is 6.34 Å². The zero-order valence-corrected chi connectivity index (χ0v) is 13.9. The summed E-state index contributed by atoms with van der Waals surface area (Å²) in [5.41, 5.74) is -0.343. The smallest absolute Gasteiger partial charge is 0.515 e. The number of ether oxygens (including phenoxy) is 1. The number of quaternary nitrogens is 1. The number of benzene rings is 1. The lowest BCUT2D eigenvalue weighted by Crippen LogP contribution is -2.53. The third kappa shape index (κ3) is 2.84. The van der Waals surface area contributed by atoms with Crippen molar-refractivity contribution >= 4 is 29.5 Å². The van der Waals surface area contributed by atoms with E-state index in [1.54, 1.807) is 31.2 Å². The number of amides is 1. The molecule has 1 amide bonds. The fraction of sp³-hybridized carbons (Fsp3) is 0.176. The molecule has 1 aliphatic rings. The van der Waals surface area contributed by atoms with E-state index >= 15 is 0 Å². The van der Waals surface area contributed by atoms with Crippen LogP contribution in [-0.4, -0.2) is 40.7 Å². The van der Waals surface area contributed by atoms with Gasteiger partial charge in [0, 0.05) is 5.57 Å². The quantitative estimate of drug-likeness (QED) is 0.568. The summed E-state index contributed by atoms with van der Waals surface area (Å²) in [5.74, 6) is 0.0560. The maximum Gasteiger partial charge on any atom is 0.528 e. The Bertz CT molecular complexity index is 1010. The molecule has 1 atom stereocenters. The number of nitrogens with zero attached hydrogens (tertiary/aromatic N) is 2. The molecule has 9 nitrogen and oxygen atoms in total. The molecule has 0 saturated heterocycles. The Balaban J connectivity index is 1.87. The largest absolute Gasteiger partial charge is 0.528 e. The number of carbonyl (C=O) groups is 1. The molecule has 2 heterocycles. The average Bonchev–Trinajstić information content (AvgIpc) is 3.03. The van der Waals surface area contributed by atoms with Gasteiger partial charge in [-0.1, -0.05) is 30.3 Å². The molecule has 0 bridgehead atoms. The summed E-state index contributed by atoms with van der Waals surface area (Å²) in [5, 5.41) is 9.43. The van der Waals surface area contributed by atoms with Crippen LogP contribution in [0.15, 0.2) is 51.2 Å². The number of aliphatic hydroxyl groups is 1. The molecule has 1 aliphatic heterocycles. The number of aromatic amines is 2. The topological polar surface area (TPSA) is 125 Å². The Morgan fingerprint density at radius 2 is 2.00 bits per heavy atom. The van der Waals surface area contributed by atoms with Gasteiger partial charge in [-0.15, -0.1) is 4.48 Å². The zero-order chi connectivity index (χ0) is 18.7. The minimum absolute atomic E-state index is 0.0376. The molecular formula is C17H17N4O5+. The normalized spacial score (nSPS) is 18.6. The van der Waals surface area contributed by atoms with Gasteiger partial charge in [0.05, 0.1) is 12.8 Å². The van der Waals surface area contributed by atoms with Crippen LogP contribution in [0.1, 0.15) is 12.5 Å². The highest BCUT2D eigenvalue weighted by Crippen LogP contribution is 2.33. The molecule has 26 heavy (non-hydrogen) atoms. The minimum atomic E-state index is -0.733. The molecule has 1 unspecified atom stereocenters. The summed E-state index contributed by atoms with van der Waals surface area (Å²) in [6, 6.07) is 8.95. The summed E-state index contributed by atoms with van der Waals surface area (Å²) in [7, 11) is 0. The monoisotopic (exact) mass is 357 g/mol. The van der Waals surface area contributed by atoms with Crippen molar-refractivity contribution in [2.45, 2.75) is 6.92 Å². The van der Waals surface area contributed by atoms with Crippen LogP contribution in [-0.2, 0) is 4.74 Å². The first kappa shape index (κ1) is 17.4. The molecule has 0 aliphatic carbocycles. The third-order valence-electron chi connectivity index (χ3n) is 4.16. The van der Waals surface area contributed by atoms with E-state index in [1.807, 2.05) is 6.07 Å². The van der Waals surface area contributed by atoms with Gasteiger partial charge in [-0.05, 0) is 12.5 Å². The Labute approximate surface area is 147 Å². The summed E-state index contributed by atoms with van der Waals surface area (Å²) in [6.45, 7) is 1.69. The second-order valence-electron chi connectivity index (χ2n) is 5.61. The van der Waals surface area contributed by atoms with Gasteiger partial charge in [0.1, 0.15) is 6.61 Å². The second kappa shape index (κ2) is 6.81. The number of aliphatic imine (C=N–C) groups is 1. The predicted octanol–water partition coefficient (Wildman–Crippen LogP) is 1.80. The third-order valence-corrected chi connectivity index (χ3v) is 4.16.